The van der Waals surface area contributed by atoms with Crippen LogP contribution in [0.25, 0.3) is 6.08 Å². The molecule has 0 aliphatic heterocycles. The number of nitrogens with zero attached hydrogens (tertiary/aromatic N) is 2. The molecular formula is C17H21N3O2S. The zero-order valence-electron chi connectivity index (χ0n) is 13.4. The Balaban J connectivity index is 1.87. The smallest absolute Gasteiger partial charge is 0.250 e. The summed E-state index contributed by atoms with van der Waals surface area (Å²) in [4.78, 5) is 11.9. The minimum atomic E-state index is -0.218. The van der Waals surface area contributed by atoms with Gasteiger partial charge >= 0.3 is 0 Å². The van der Waals surface area contributed by atoms with E-state index < -0.39 is 0 Å². The van der Waals surface area contributed by atoms with Crippen molar-refractivity contribution in [2.75, 3.05) is 12.4 Å². The molecule has 1 amide bonds. The van der Waals surface area contributed by atoms with Crippen LogP contribution in [0, 0.1) is 0 Å². The molecule has 23 heavy (non-hydrogen) atoms. The maximum atomic E-state index is 11.9. The zero-order valence-corrected chi connectivity index (χ0v) is 14.2. The topological polar surface area (TPSA) is 64.1 Å². The first-order valence-electron chi connectivity index (χ1n) is 7.66. The van der Waals surface area contributed by atoms with Crippen molar-refractivity contribution in [3.8, 4) is 5.75 Å². The third-order valence-corrected chi connectivity index (χ3v) is 4.11. The highest BCUT2D eigenvalue weighted by Gasteiger charge is 2.06. The van der Waals surface area contributed by atoms with Gasteiger partial charge in [0.1, 0.15) is 10.8 Å². The number of aromatic nitrogens is 2. The predicted octanol–water partition coefficient (Wildman–Crippen LogP) is 3.93. The molecule has 0 radical (unpaired) electrons. The molecular weight excluding hydrogens is 310 g/mol. The van der Waals surface area contributed by atoms with E-state index in [0.29, 0.717) is 5.13 Å². The molecule has 0 aliphatic carbocycles. The van der Waals surface area contributed by atoms with Gasteiger partial charge in [0.15, 0.2) is 0 Å². The highest BCUT2D eigenvalue weighted by molar-refractivity contribution is 7.15. The summed E-state index contributed by atoms with van der Waals surface area (Å²) in [5, 5.41) is 12.3. The third kappa shape index (κ3) is 5.83. The van der Waals surface area contributed by atoms with Gasteiger partial charge in [-0.15, -0.1) is 10.2 Å². The summed E-state index contributed by atoms with van der Waals surface area (Å²) in [6.45, 7) is 2.17. The number of amides is 1. The van der Waals surface area contributed by atoms with E-state index in [2.05, 4.69) is 22.4 Å². The number of aryl methyl sites for hydroxylation is 1. The fourth-order valence-corrected chi connectivity index (χ4v) is 2.78. The monoisotopic (exact) mass is 331 g/mol. The SMILES string of the molecule is CCCCCc1nnc(NC(=O)/C=C/c2cccc(OC)c2)s1. The van der Waals surface area contributed by atoms with Gasteiger partial charge in [-0.3, -0.25) is 10.1 Å². The number of carbonyl (C=O) groups is 1. The minimum Gasteiger partial charge on any atom is -0.497 e. The second-order valence-corrected chi connectivity index (χ2v) is 6.12. The summed E-state index contributed by atoms with van der Waals surface area (Å²) < 4.78 is 5.15. The summed E-state index contributed by atoms with van der Waals surface area (Å²) >= 11 is 1.43. The molecule has 122 valence electrons. The van der Waals surface area contributed by atoms with Crippen molar-refractivity contribution in [3.05, 3.63) is 40.9 Å². The first kappa shape index (κ1) is 17.1. The zero-order chi connectivity index (χ0) is 16.5. The Kier molecular flexibility index (Phi) is 6.75. The second-order valence-electron chi connectivity index (χ2n) is 5.06. The van der Waals surface area contributed by atoms with Crippen LogP contribution in [0.4, 0.5) is 5.13 Å². The molecule has 5 nitrogen and oxygen atoms in total. The fraction of sp³-hybridized carbons (Fsp3) is 0.353. The third-order valence-electron chi connectivity index (χ3n) is 3.21. The van der Waals surface area contributed by atoms with E-state index >= 15 is 0 Å². The first-order chi connectivity index (χ1) is 11.2. The van der Waals surface area contributed by atoms with Crippen molar-refractivity contribution >= 4 is 28.5 Å². The molecule has 1 heterocycles. The maximum absolute atomic E-state index is 11.9. The molecule has 1 N–H and O–H groups in total. The molecule has 6 heteroatoms. The van der Waals surface area contributed by atoms with E-state index in [0.717, 1.165) is 29.2 Å². The molecule has 2 rings (SSSR count). The van der Waals surface area contributed by atoms with Gasteiger partial charge in [-0.1, -0.05) is 43.2 Å². The standard InChI is InChI=1S/C17H21N3O2S/c1-3-4-5-9-16-19-20-17(23-16)18-15(21)11-10-13-7-6-8-14(12-13)22-2/h6-8,10-12H,3-5,9H2,1-2H3,(H,18,20,21)/b11-10+. The van der Waals surface area contributed by atoms with Crippen LogP contribution in [-0.4, -0.2) is 23.2 Å². The molecule has 0 unspecified atom stereocenters. The molecule has 1 aromatic heterocycles. The molecule has 0 fully saturated rings. The van der Waals surface area contributed by atoms with Gasteiger partial charge in [-0.2, -0.15) is 0 Å². The maximum Gasteiger partial charge on any atom is 0.250 e. The molecule has 0 atom stereocenters. The van der Waals surface area contributed by atoms with Crippen LogP contribution >= 0.6 is 11.3 Å². The highest BCUT2D eigenvalue weighted by atomic mass is 32.1. The van der Waals surface area contributed by atoms with Crippen molar-refractivity contribution < 1.29 is 9.53 Å². The molecule has 0 bridgehead atoms. The van der Waals surface area contributed by atoms with Crippen molar-refractivity contribution in [2.24, 2.45) is 0 Å². The Morgan fingerprint density at radius 1 is 1.35 bits per heavy atom. The van der Waals surface area contributed by atoms with Crippen molar-refractivity contribution in [1.29, 1.82) is 0 Å². The number of methoxy groups -OCH3 is 1. The quantitative estimate of drug-likeness (QED) is 0.588. The van der Waals surface area contributed by atoms with Crippen molar-refractivity contribution in [2.45, 2.75) is 32.6 Å². The number of hydrogen-bond acceptors (Lipinski definition) is 5. The lowest BCUT2D eigenvalue weighted by molar-refractivity contribution is -0.111. The van der Waals surface area contributed by atoms with Gasteiger partial charge in [-0.25, -0.2) is 0 Å². The van der Waals surface area contributed by atoms with E-state index in [4.69, 9.17) is 4.74 Å². The largest absolute Gasteiger partial charge is 0.497 e. The van der Waals surface area contributed by atoms with Crippen LogP contribution in [0.15, 0.2) is 30.3 Å². The highest BCUT2D eigenvalue weighted by Crippen LogP contribution is 2.18. The van der Waals surface area contributed by atoms with Gasteiger partial charge in [0.2, 0.25) is 11.0 Å². The van der Waals surface area contributed by atoms with Crippen LogP contribution in [-0.2, 0) is 11.2 Å². The van der Waals surface area contributed by atoms with E-state index in [-0.39, 0.29) is 5.91 Å². The molecule has 0 spiro atoms. The molecule has 1 aromatic carbocycles. The molecule has 0 aliphatic rings. The lowest BCUT2D eigenvalue weighted by Crippen LogP contribution is -2.07. The minimum absolute atomic E-state index is 0.218. The second kappa shape index (κ2) is 9.05. The average molecular weight is 331 g/mol. The number of anilines is 1. The lowest BCUT2D eigenvalue weighted by atomic mass is 10.2. The molecule has 0 saturated carbocycles. The fourth-order valence-electron chi connectivity index (χ4n) is 2.00. The van der Waals surface area contributed by atoms with Crippen LogP contribution in [0.3, 0.4) is 0 Å². The van der Waals surface area contributed by atoms with Gasteiger partial charge in [0.05, 0.1) is 7.11 Å². The van der Waals surface area contributed by atoms with E-state index in [1.165, 1.54) is 30.3 Å². The average Bonchev–Trinajstić information content (AvgIpc) is 3.01. The molecule has 0 saturated heterocycles. The Labute approximate surface area is 140 Å². The van der Waals surface area contributed by atoms with Gasteiger partial charge in [0.25, 0.3) is 0 Å². The van der Waals surface area contributed by atoms with E-state index in [1.807, 2.05) is 24.3 Å². The van der Waals surface area contributed by atoms with Crippen LogP contribution < -0.4 is 10.1 Å². The van der Waals surface area contributed by atoms with Gasteiger partial charge < -0.3 is 4.74 Å². The normalized spacial score (nSPS) is 10.9. The number of hydrogen-bond donors (Lipinski definition) is 1. The summed E-state index contributed by atoms with van der Waals surface area (Å²) in [5.41, 5.74) is 0.900. The molecule has 2 aromatic rings. The first-order valence-corrected chi connectivity index (χ1v) is 8.48. The summed E-state index contributed by atoms with van der Waals surface area (Å²) in [5.74, 6) is 0.539. The van der Waals surface area contributed by atoms with E-state index in [1.54, 1.807) is 13.2 Å². The predicted molar refractivity (Wildman–Crippen MR) is 93.8 cm³/mol. The van der Waals surface area contributed by atoms with Crippen LogP contribution in [0.5, 0.6) is 5.75 Å². The van der Waals surface area contributed by atoms with Crippen molar-refractivity contribution in [3.63, 3.8) is 0 Å². The Bertz CT molecular complexity index is 667. The Morgan fingerprint density at radius 3 is 3.00 bits per heavy atom. The van der Waals surface area contributed by atoms with E-state index in [9.17, 15) is 4.79 Å². The Hall–Kier alpha value is -2.21. The van der Waals surface area contributed by atoms with Crippen LogP contribution in [0.1, 0.15) is 36.8 Å². The van der Waals surface area contributed by atoms with Crippen LogP contribution in [0.2, 0.25) is 0 Å². The number of ether oxygens (including phenoxy) is 1. The number of benzene rings is 1. The number of unbranched alkanes of at least 4 members (excludes halogenated alkanes) is 2. The van der Waals surface area contributed by atoms with Gasteiger partial charge in [0, 0.05) is 12.5 Å². The summed E-state index contributed by atoms with van der Waals surface area (Å²) in [6.07, 6.45) is 7.60. The number of carbonyl (C=O) groups excluding carboxylic acids is 1. The van der Waals surface area contributed by atoms with Gasteiger partial charge in [-0.05, 0) is 30.2 Å². The number of rotatable bonds is 8. The number of nitrogens with one attached hydrogen (secondary N) is 1. The van der Waals surface area contributed by atoms with Crippen molar-refractivity contribution in [1.82, 2.24) is 10.2 Å². The summed E-state index contributed by atoms with van der Waals surface area (Å²) in [6, 6.07) is 7.51. The lowest BCUT2D eigenvalue weighted by Gasteiger charge is -2.00. The summed E-state index contributed by atoms with van der Waals surface area (Å²) in [7, 11) is 1.61. The Morgan fingerprint density at radius 2 is 2.22 bits per heavy atom.